The average molecular weight is 373 g/mol. The highest BCUT2D eigenvalue weighted by atomic mass is 16.6. The number of nitrogens with one attached hydrogen (secondary N) is 1. The van der Waals surface area contributed by atoms with E-state index in [1.54, 1.807) is 26.2 Å². The van der Waals surface area contributed by atoms with Crippen molar-refractivity contribution in [2.75, 3.05) is 12.8 Å². The molecule has 2 aromatic carbocycles. The van der Waals surface area contributed by atoms with Gasteiger partial charge in [-0.3, -0.25) is 14.9 Å². The van der Waals surface area contributed by atoms with Crippen molar-refractivity contribution in [1.82, 2.24) is 5.32 Å². The number of anilines is 1. The first-order chi connectivity index (χ1) is 12.7. The molecule has 0 fully saturated rings. The Hall–Kier alpha value is -3.29. The summed E-state index contributed by atoms with van der Waals surface area (Å²) >= 11 is 0. The molecule has 0 spiro atoms. The lowest BCUT2D eigenvalue weighted by molar-refractivity contribution is -0.383. The van der Waals surface area contributed by atoms with Gasteiger partial charge in [0.25, 0.3) is 11.6 Å². The maximum atomic E-state index is 12.5. The van der Waals surface area contributed by atoms with E-state index in [-0.39, 0.29) is 29.1 Å². The molecule has 0 bridgehead atoms. The van der Waals surface area contributed by atoms with Crippen molar-refractivity contribution in [1.29, 1.82) is 0 Å². The van der Waals surface area contributed by atoms with Gasteiger partial charge in [-0.2, -0.15) is 0 Å². The number of nitro groups is 1. The van der Waals surface area contributed by atoms with Crippen molar-refractivity contribution < 1.29 is 19.2 Å². The molecular weight excluding hydrogens is 350 g/mol. The van der Waals surface area contributed by atoms with E-state index in [1.807, 2.05) is 19.9 Å². The molecule has 2 aromatic rings. The van der Waals surface area contributed by atoms with Crippen molar-refractivity contribution in [2.45, 2.75) is 32.9 Å². The number of hydrogen-bond donors (Lipinski definition) is 2. The number of methoxy groups -OCH3 is 1. The van der Waals surface area contributed by atoms with Gasteiger partial charge >= 0.3 is 0 Å². The van der Waals surface area contributed by atoms with Crippen LogP contribution < -0.4 is 20.5 Å². The lowest BCUT2D eigenvalue weighted by atomic mass is 10.1. The third kappa shape index (κ3) is 4.87. The standard InChI is InChI=1S/C19H23N3O5/c1-11(2)27-17-8-6-13(10-18(17)26-4)12(3)21-19(23)14-5-7-15(20)16(9-14)22(24)25/h5-12H,20H2,1-4H3,(H,21,23). The molecule has 0 saturated heterocycles. The average Bonchev–Trinajstić information content (AvgIpc) is 2.61. The smallest absolute Gasteiger partial charge is 0.292 e. The lowest BCUT2D eigenvalue weighted by Crippen LogP contribution is -2.26. The van der Waals surface area contributed by atoms with Gasteiger partial charge in [0.15, 0.2) is 11.5 Å². The highest BCUT2D eigenvalue weighted by Crippen LogP contribution is 2.31. The molecule has 8 nitrogen and oxygen atoms in total. The van der Waals surface area contributed by atoms with Crippen LogP contribution in [-0.4, -0.2) is 24.0 Å². The van der Waals surface area contributed by atoms with Crippen LogP contribution in [0.15, 0.2) is 36.4 Å². The molecule has 0 aliphatic carbocycles. The molecule has 27 heavy (non-hydrogen) atoms. The van der Waals surface area contributed by atoms with Crippen LogP contribution in [0.4, 0.5) is 11.4 Å². The predicted octanol–water partition coefficient (Wildman–Crippen LogP) is 3.46. The SMILES string of the molecule is COc1cc(C(C)NC(=O)c2ccc(N)c([N+](=O)[O-])c2)ccc1OC(C)C. The monoisotopic (exact) mass is 373 g/mol. The number of nitrogens with two attached hydrogens (primary N) is 1. The van der Waals surface area contributed by atoms with Crippen LogP contribution in [0.1, 0.15) is 42.7 Å². The second-order valence-electron chi connectivity index (χ2n) is 6.30. The number of amides is 1. The molecule has 0 aromatic heterocycles. The summed E-state index contributed by atoms with van der Waals surface area (Å²) in [4.78, 5) is 22.8. The summed E-state index contributed by atoms with van der Waals surface area (Å²) in [5.74, 6) is 0.737. The van der Waals surface area contributed by atoms with Crippen molar-refractivity contribution in [3.05, 3.63) is 57.6 Å². The number of nitrogen functional groups attached to an aromatic ring is 1. The Labute approximate surface area is 157 Å². The third-order valence-corrected chi connectivity index (χ3v) is 3.89. The molecule has 2 rings (SSSR count). The van der Waals surface area contributed by atoms with Gasteiger partial charge < -0.3 is 20.5 Å². The molecule has 0 radical (unpaired) electrons. The minimum absolute atomic E-state index is 0.00295. The van der Waals surface area contributed by atoms with Crippen molar-refractivity contribution in [3.63, 3.8) is 0 Å². The van der Waals surface area contributed by atoms with E-state index in [9.17, 15) is 14.9 Å². The minimum atomic E-state index is -0.617. The molecular formula is C19H23N3O5. The van der Waals surface area contributed by atoms with Crippen LogP contribution in [0.25, 0.3) is 0 Å². The Morgan fingerprint density at radius 1 is 1.15 bits per heavy atom. The number of carbonyl (C=O) groups excluding carboxylic acids is 1. The van der Waals surface area contributed by atoms with E-state index in [0.29, 0.717) is 11.5 Å². The highest BCUT2D eigenvalue weighted by Gasteiger charge is 2.18. The Morgan fingerprint density at radius 3 is 2.44 bits per heavy atom. The first kappa shape index (κ1) is 20.0. The molecule has 144 valence electrons. The molecule has 0 saturated carbocycles. The zero-order valence-corrected chi connectivity index (χ0v) is 15.7. The van der Waals surface area contributed by atoms with Crippen LogP contribution in [0.2, 0.25) is 0 Å². The molecule has 0 heterocycles. The van der Waals surface area contributed by atoms with E-state index >= 15 is 0 Å². The van der Waals surface area contributed by atoms with Gasteiger partial charge in [-0.15, -0.1) is 0 Å². The molecule has 3 N–H and O–H groups in total. The highest BCUT2D eigenvalue weighted by molar-refractivity contribution is 5.95. The molecule has 1 unspecified atom stereocenters. The number of nitro benzene ring substituents is 1. The summed E-state index contributed by atoms with van der Waals surface area (Å²) in [5, 5.41) is 13.8. The van der Waals surface area contributed by atoms with E-state index in [4.69, 9.17) is 15.2 Å². The Bertz CT molecular complexity index is 851. The van der Waals surface area contributed by atoms with Gasteiger partial charge in [0.1, 0.15) is 5.69 Å². The molecule has 8 heteroatoms. The summed E-state index contributed by atoms with van der Waals surface area (Å²) in [5.41, 5.74) is 6.24. The number of nitrogens with zero attached hydrogens (tertiary/aromatic N) is 1. The number of ether oxygens (including phenoxy) is 2. The van der Waals surface area contributed by atoms with E-state index in [0.717, 1.165) is 11.6 Å². The van der Waals surface area contributed by atoms with E-state index < -0.39 is 10.8 Å². The van der Waals surface area contributed by atoms with Crippen LogP contribution >= 0.6 is 0 Å². The zero-order chi connectivity index (χ0) is 20.1. The van der Waals surface area contributed by atoms with Gasteiger partial charge in [0, 0.05) is 11.6 Å². The molecule has 0 aliphatic heterocycles. The first-order valence-corrected chi connectivity index (χ1v) is 8.42. The largest absolute Gasteiger partial charge is 0.493 e. The number of hydrogen-bond acceptors (Lipinski definition) is 6. The second kappa shape index (κ2) is 8.39. The summed E-state index contributed by atoms with van der Waals surface area (Å²) in [6.07, 6.45) is 0.00295. The lowest BCUT2D eigenvalue weighted by Gasteiger charge is -2.18. The van der Waals surface area contributed by atoms with Gasteiger partial charge in [-0.05, 0) is 50.6 Å². The first-order valence-electron chi connectivity index (χ1n) is 8.42. The van der Waals surface area contributed by atoms with Crippen LogP contribution in [0.3, 0.4) is 0 Å². The second-order valence-corrected chi connectivity index (χ2v) is 6.30. The summed E-state index contributed by atoms with van der Waals surface area (Å²) < 4.78 is 11.0. The maximum Gasteiger partial charge on any atom is 0.292 e. The fraction of sp³-hybridized carbons (Fsp3) is 0.316. The normalized spacial score (nSPS) is 11.7. The fourth-order valence-electron chi connectivity index (χ4n) is 2.51. The van der Waals surface area contributed by atoms with Gasteiger partial charge in [0.2, 0.25) is 0 Å². The fourth-order valence-corrected chi connectivity index (χ4v) is 2.51. The van der Waals surface area contributed by atoms with E-state index in [2.05, 4.69) is 5.32 Å². The number of benzene rings is 2. The molecule has 1 amide bonds. The third-order valence-electron chi connectivity index (χ3n) is 3.89. The maximum absolute atomic E-state index is 12.5. The Balaban J connectivity index is 2.19. The van der Waals surface area contributed by atoms with Gasteiger partial charge in [-0.25, -0.2) is 0 Å². The summed E-state index contributed by atoms with van der Waals surface area (Å²) in [7, 11) is 1.54. The number of carbonyl (C=O) groups is 1. The quantitative estimate of drug-likeness (QED) is 0.436. The Kier molecular flexibility index (Phi) is 6.23. The Morgan fingerprint density at radius 2 is 1.85 bits per heavy atom. The van der Waals surface area contributed by atoms with Crippen LogP contribution in [0, 0.1) is 10.1 Å². The van der Waals surface area contributed by atoms with Gasteiger partial charge in [-0.1, -0.05) is 6.07 Å². The predicted molar refractivity (Wildman–Crippen MR) is 102 cm³/mol. The van der Waals surface area contributed by atoms with E-state index in [1.165, 1.54) is 12.1 Å². The summed E-state index contributed by atoms with van der Waals surface area (Å²) in [6, 6.07) is 9.01. The van der Waals surface area contributed by atoms with Crippen molar-refractivity contribution in [2.24, 2.45) is 0 Å². The topological polar surface area (TPSA) is 117 Å². The zero-order valence-electron chi connectivity index (χ0n) is 15.7. The van der Waals surface area contributed by atoms with Crippen LogP contribution in [0.5, 0.6) is 11.5 Å². The van der Waals surface area contributed by atoms with Crippen LogP contribution in [-0.2, 0) is 0 Å². The number of rotatable bonds is 7. The minimum Gasteiger partial charge on any atom is -0.493 e. The molecule has 1 atom stereocenters. The molecule has 0 aliphatic rings. The summed E-state index contributed by atoms with van der Waals surface area (Å²) in [6.45, 7) is 5.64. The van der Waals surface area contributed by atoms with Crippen molar-refractivity contribution >= 4 is 17.3 Å². The van der Waals surface area contributed by atoms with Crippen molar-refractivity contribution in [3.8, 4) is 11.5 Å². The van der Waals surface area contributed by atoms with Gasteiger partial charge in [0.05, 0.1) is 24.2 Å².